The second-order valence-corrected chi connectivity index (χ2v) is 15.7. The van der Waals surface area contributed by atoms with Gasteiger partial charge >= 0.3 is 0 Å². The number of anilines is 1. The van der Waals surface area contributed by atoms with Crippen LogP contribution in [0.2, 0.25) is 0 Å². The molecule has 6 aromatic carbocycles. The number of nitrogens with zero attached hydrogens (tertiary/aromatic N) is 1. The molecular formula is C47H40BrNO3. The van der Waals surface area contributed by atoms with Crippen LogP contribution in [0, 0.1) is 6.92 Å². The highest BCUT2D eigenvalue weighted by atomic mass is 79.9. The lowest BCUT2D eigenvalue weighted by Crippen LogP contribution is -2.35. The summed E-state index contributed by atoms with van der Waals surface area (Å²) in [6.45, 7) is 10.1. The van der Waals surface area contributed by atoms with Gasteiger partial charge < -0.3 is 14.4 Å². The molecule has 0 N–H and O–H groups in total. The monoisotopic (exact) mass is 745 g/mol. The summed E-state index contributed by atoms with van der Waals surface area (Å²) < 4.78 is 14.5. The molecule has 0 aromatic heterocycles. The van der Waals surface area contributed by atoms with Crippen molar-refractivity contribution in [3.05, 3.63) is 164 Å². The van der Waals surface area contributed by atoms with Gasteiger partial charge in [0.15, 0.2) is 5.60 Å². The third-order valence-electron chi connectivity index (χ3n) is 11.3. The molecule has 0 fully saturated rings. The Balaban J connectivity index is 1.24. The van der Waals surface area contributed by atoms with Crippen molar-refractivity contribution in [1.29, 1.82) is 0 Å². The first-order valence-corrected chi connectivity index (χ1v) is 19.0. The van der Waals surface area contributed by atoms with Gasteiger partial charge in [0.2, 0.25) is 0 Å². The Labute approximate surface area is 313 Å². The van der Waals surface area contributed by atoms with Gasteiger partial charge in [-0.05, 0) is 94.6 Å². The molecule has 258 valence electrons. The number of halogens is 1. The van der Waals surface area contributed by atoms with Crippen LogP contribution in [-0.4, -0.2) is 12.5 Å². The molecule has 4 nitrogen and oxygen atoms in total. The molecule has 5 heteroatoms. The van der Waals surface area contributed by atoms with E-state index >= 15 is 0 Å². The summed E-state index contributed by atoms with van der Waals surface area (Å²) in [5, 5.41) is 2.20. The minimum absolute atomic E-state index is 0.0591. The Kier molecular flexibility index (Phi) is 7.71. The predicted molar refractivity (Wildman–Crippen MR) is 215 cm³/mol. The summed E-state index contributed by atoms with van der Waals surface area (Å²) in [5.41, 5.74) is 10.8. The fourth-order valence-corrected chi connectivity index (χ4v) is 9.01. The molecule has 1 amide bonds. The van der Waals surface area contributed by atoms with Crippen molar-refractivity contribution < 1.29 is 14.3 Å². The molecule has 6 aromatic rings. The summed E-state index contributed by atoms with van der Waals surface area (Å²) in [5.74, 6) is 1.80. The van der Waals surface area contributed by atoms with Crippen molar-refractivity contribution in [3.63, 3.8) is 0 Å². The Hall–Kier alpha value is -5.13. The number of carbonyl (C=O) groups excluding carboxylic acids is 1. The molecule has 1 atom stereocenters. The Morgan fingerprint density at radius 3 is 2.25 bits per heavy atom. The first-order valence-electron chi connectivity index (χ1n) is 18.2. The van der Waals surface area contributed by atoms with E-state index in [0.717, 1.165) is 78.7 Å². The van der Waals surface area contributed by atoms with Gasteiger partial charge in [-0.15, -0.1) is 0 Å². The Morgan fingerprint density at radius 2 is 1.52 bits per heavy atom. The number of unbranched alkanes of at least 4 members (excludes halogenated alkanes) is 1. The van der Waals surface area contributed by atoms with Gasteiger partial charge in [-0.3, -0.25) is 4.79 Å². The van der Waals surface area contributed by atoms with Crippen molar-refractivity contribution in [2.75, 3.05) is 11.5 Å². The summed E-state index contributed by atoms with van der Waals surface area (Å²) >= 11 is 3.56. The van der Waals surface area contributed by atoms with Crippen molar-refractivity contribution in [3.8, 4) is 22.6 Å². The van der Waals surface area contributed by atoms with E-state index in [9.17, 15) is 4.79 Å². The molecule has 2 aliphatic heterocycles. The average Bonchev–Trinajstić information content (AvgIpc) is 3.63. The van der Waals surface area contributed by atoms with Crippen LogP contribution in [0.5, 0.6) is 11.5 Å². The van der Waals surface area contributed by atoms with Gasteiger partial charge in [0.25, 0.3) is 5.91 Å². The molecule has 0 saturated carbocycles. The number of benzene rings is 6. The number of fused-ring (bicyclic) bond motifs is 10. The third kappa shape index (κ3) is 4.82. The van der Waals surface area contributed by atoms with Crippen LogP contribution >= 0.6 is 15.9 Å². The van der Waals surface area contributed by atoms with Crippen molar-refractivity contribution >= 4 is 44.4 Å². The second-order valence-electron chi connectivity index (χ2n) is 14.8. The van der Waals surface area contributed by atoms with Gasteiger partial charge in [-0.2, -0.15) is 0 Å². The number of ether oxygens (including phenoxy) is 2. The van der Waals surface area contributed by atoms with Crippen LogP contribution in [-0.2, 0) is 17.6 Å². The van der Waals surface area contributed by atoms with Gasteiger partial charge in [0, 0.05) is 43.2 Å². The maximum absolute atomic E-state index is 14.2. The molecule has 0 radical (unpaired) electrons. The molecule has 2 heterocycles. The lowest BCUT2D eigenvalue weighted by atomic mass is 9.76. The molecule has 1 aliphatic carbocycles. The van der Waals surface area contributed by atoms with E-state index in [2.05, 4.69) is 135 Å². The fraction of sp³-hybridized carbons (Fsp3) is 0.213. The Bertz CT molecular complexity index is 2430. The minimum atomic E-state index is -0.849. The van der Waals surface area contributed by atoms with Crippen molar-refractivity contribution in [2.45, 2.75) is 58.1 Å². The first kappa shape index (κ1) is 32.8. The number of hydrogen-bond donors (Lipinski definition) is 0. The third-order valence-corrected chi connectivity index (χ3v) is 11.8. The van der Waals surface area contributed by atoms with Crippen molar-refractivity contribution in [1.82, 2.24) is 0 Å². The standard InChI is InChI=1S/C47H40BrNO3/c1-5-6-26-51-34-22-16-31(17-23-34)47(30-12-8-7-9-13-30)25-24-37-43-42(35-14-10-11-15-36(35)44(37)52-47)41-38-28-49(33-20-18-32(48)19-21-33)45(50)40(38)29(2)27-39(41)46(43,3)4/h7-25,27H,5-6,26,28H2,1-4H3. The normalized spacial score (nSPS) is 17.8. The Morgan fingerprint density at radius 1 is 0.827 bits per heavy atom. The zero-order valence-corrected chi connectivity index (χ0v) is 31.5. The lowest BCUT2D eigenvalue weighted by molar-refractivity contribution is 0.0996. The van der Waals surface area contributed by atoms with Gasteiger partial charge in [0.05, 0.1) is 13.2 Å². The topological polar surface area (TPSA) is 38.8 Å². The zero-order valence-electron chi connectivity index (χ0n) is 29.9. The van der Waals surface area contributed by atoms with Gasteiger partial charge in [-0.25, -0.2) is 0 Å². The number of rotatable bonds is 7. The van der Waals surface area contributed by atoms with Crippen LogP contribution in [0.1, 0.15) is 82.9 Å². The summed E-state index contributed by atoms with van der Waals surface area (Å²) in [6, 6.07) is 37.8. The fourth-order valence-electron chi connectivity index (χ4n) is 8.75. The highest BCUT2D eigenvalue weighted by Gasteiger charge is 2.47. The molecule has 9 rings (SSSR count). The molecule has 52 heavy (non-hydrogen) atoms. The number of hydrogen-bond acceptors (Lipinski definition) is 3. The molecule has 1 unspecified atom stereocenters. The maximum atomic E-state index is 14.2. The quantitative estimate of drug-likeness (QED) is 0.153. The summed E-state index contributed by atoms with van der Waals surface area (Å²) in [7, 11) is 0. The van der Waals surface area contributed by atoms with E-state index in [4.69, 9.17) is 9.47 Å². The van der Waals surface area contributed by atoms with Gasteiger partial charge in [0.1, 0.15) is 11.5 Å². The number of amides is 1. The van der Waals surface area contributed by atoms with E-state index in [1.54, 1.807) is 0 Å². The van der Waals surface area contributed by atoms with E-state index in [1.807, 2.05) is 35.2 Å². The van der Waals surface area contributed by atoms with E-state index < -0.39 is 5.60 Å². The second kappa shape index (κ2) is 12.2. The highest BCUT2D eigenvalue weighted by Crippen LogP contribution is 2.60. The average molecular weight is 747 g/mol. The molecule has 0 spiro atoms. The van der Waals surface area contributed by atoms with Crippen LogP contribution in [0.4, 0.5) is 5.69 Å². The van der Waals surface area contributed by atoms with E-state index in [-0.39, 0.29) is 11.3 Å². The number of carbonyl (C=O) groups is 1. The van der Waals surface area contributed by atoms with Crippen LogP contribution < -0.4 is 14.4 Å². The number of aryl methyl sites for hydroxylation is 1. The van der Waals surface area contributed by atoms with Gasteiger partial charge in [-0.1, -0.05) is 122 Å². The predicted octanol–water partition coefficient (Wildman–Crippen LogP) is 11.9. The van der Waals surface area contributed by atoms with Crippen molar-refractivity contribution in [2.24, 2.45) is 0 Å². The van der Waals surface area contributed by atoms with E-state index in [0.29, 0.717) is 13.2 Å². The minimum Gasteiger partial charge on any atom is -0.494 e. The highest BCUT2D eigenvalue weighted by molar-refractivity contribution is 9.10. The zero-order chi connectivity index (χ0) is 35.8. The summed E-state index contributed by atoms with van der Waals surface area (Å²) in [6.07, 6.45) is 6.65. The molecule has 0 bridgehead atoms. The molecule has 0 saturated heterocycles. The largest absolute Gasteiger partial charge is 0.494 e. The molecule has 3 aliphatic rings. The first-order chi connectivity index (χ1) is 25.2. The van der Waals surface area contributed by atoms with Crippen LogP contribution in [0.3, 0.4) is 0 Å². The SMILES string of the molecule is CCCCOc1ccc(C2(c3ccccc3)C=Cc3c4c(c5ccccc5c3O2)-c2c(cc(C)c3c2CN(c2ccc(Br)cc2)C3=O)C4(C)C)cc1. The smallest absolute Gasteiger partial charge is 0.259 e. The van der Waals surface area contributed by atoms with E-state index in [1.165, 1.54) is 22.3 Å². The lowest BCUT2D eigenvalue weighted by Gasteiger charge is -2.38. The molecular weight excluding hydrogens is 706 g/mol. The maximum Gasteiger partial charge on any atom is 0.259 e. The summed E-state index contributed by atoms with van der Waals surface area (Å²) in [4.78, 5) is 16.1. The van der Waals surface area contributed by atoms with Crippen LogP contribution in [0.25, 0.3) is 28.0 Å². The van der Waals surface area contributed by atoms with Crippen LogP contribution in [0.15, 0.2) is 120 Å².